The summed E-state index contributed by atoms with van der Waals surface area (Å²) in [4.78, 5) is 7.18. The molecule has 0 bridgehead atoms. The molecular weight excluding hydrogens is 246 g/mol. The highest BCUT2D eigenvalue weighted by atomic mass is 15.2. The fourth-order valence-corrected chi connectivity index (χ4v) is 3.80. The van der Waals surface area contributed by atoms with Gasteiger partial charge in [0.2, 0.25) is 0 Å². The van der Waals surface area contributed by atoms with Crippen molar-refractivity contribution in [3.63, 3.8) is 0 Å². The average Bonchev–Trinajstić information content (AvgIpc) is 2.95. The van der Waals surface area contributed by atoms with Crippen LogP contribution < -0.4 is 5.32 Å². The maximum absolute atomic E-state index is 4.57. The van der Waals surface area contributed by atoms with Gasteiger partial charge in [0.25, 0.3) is 0 Å². The summed E-state index contributed by atoms with van der Waals surface area (Å²) in [5.41, 5.74) is 2.54. The fraction of sp³-hybridized carbons (Fsp3) is 0.471. The normalized spacial score (nSPS) is 26.8. The van der Waals surface area contributed by atoms with Gasteiger partial charge < -0.3 is 5.32 Å². The van der Waals surface area contributed by atoms with Crippen LogP contribution in [0, 0.1) is 5.92 Å². The first kappa shape index (κ1) is 12.3. The van der Waals surface area contributed by atoms with Crippen molar-refractivity contribution in [1.29, 1.82) is 0 Å². The first-order chi connectivity index (χ1) is 9.90. The van der Waals surface area contributed by atoms with Crippen molar-refractivity contribution in [2.75, 3.05) is 19.6 Å². The monoisotopic (exact) mass is 267 g/mol. The number of pyridine rings is 1. The summed E-state index contributed by atoms with van der Waals surface area (Å²) in [7, 11) is 0. The van der Waals surface area contributed by atoms with E-state index < -0.39 is 0 Å². The predicted molar refractivity (Wildman–Crippen MR) is 81.5 cm³/mol. The van der Waals surface area contributed by atoms with Crippen LogP contribution in [0.15, 0.2) is 36.5 Å². The average molecular weight is 267 g/mol. The smallest absolute Gasteiger partial charge is 0.0746 e. The number of nitrogens with zero attached hydrogens (tertiary/aromatic N) is 2. The molecule has 0 saturated carbocycles. The summed E-state index contributed by atoms with van der Waals surface area (Å²) in [6.07, 6.45) is 4.54. The minimum absolute atomic E-state index is 0.775. The van der Waals surface area contributed by atoms with Gasteiger partial charge in [-0.2, -0.15) is 0 Å². The molecule has 0 aliphatic carbocycles. The quantitative estimate of drug-likeness (QED) is 0.905. The molecule has 2 unspecified atom stereocenters. The molecule has 2 saturated heterocycles. The Morgan fingerprint density at radius 1 is 1.20 bits per heavy atom. The fourth-order valence-electron chi connectivity index (χ4n) is 3.80. The zero-order valence-electron chi connectivity index (χ0n) is 11.8. The second-order valence-corrected chi connectivity index (χ2v) is 6.13. The van der Waals surface area contributed by atoms with E-state index in [1.165, 1.54) is 48.9 Å². The minimum Gasteiger partial charge on any atom is -0.314 e. The largest absolute Gasteiger partial charge is 0.314 e. The van der Waals surface area contributed by atoms with Gasteiger partial charge in [0, 0.05) is 30.7 Å². The third-order valence-corrected chi connectivity index (χ3v) is 4.85. The Morgan fingerprint density at radius 3 is 3.15 bits per heavy atom. The Hall–Kier alpha value is -1.45. The van der Waals surface area contributed by atoms with Crippen molar-refractivity contribution >= 4 is 10.9 Å². The Labute approximate surface area is 120 Å². The summed E-state index contributed by atoms with van der Waals surface area (Å²) in [5, 5.41) is 4.89. The maximum Gasteiger partial charge on any atom is 0.0746 e. The molecule has 20 heavy (non-hydrogen) atoms. The van der Waals surface area contributed by atoms with Crippen LogP contribution in [0.3, 0.4) is 0 Å². The number of hydrogen-bond donors (Lipinski definition) is 1. The highest BCUT2D eigenvalue weighted by molar-refractivity contribution is 5.81. The van der Waals surface area contributed by atoms with Gasteiger partial charge in [0.05, 0.1) is 5.52 Å². The van der Waals surface area contributed by atoms with Gasteiger partial charge in [0.15, 0.2) is 0 Å². The predicted octanol–water partition coefficient (Wildman–Crippen LogP) is 2.42. The molecule has 0 radical (unpaired) electrons. The highest BCUT2D eigenvalue weighted by Gasteiger charge is 2.32. The second kappa shape index (κ2) is 5.15. The molecule has 2 fully saturated rings. The van der Waals surface area contributed by atoms with Gasteiger partial charge in [-0.05, 0) is 43.5 Å². The number of hydrogen-bond acceptors (Lipinski definition) is 3. The number of benzene rings is 1. The molecule has 2 atom stereocenters. The summed E-state index contributed by atoms with van der Waals surface area (Å²) >= 11 is 0. The molecule has 0 spiro atoms. The maximum atomic E-state index is 4.57. The third kappa shape index (κ3) is 2.21. The van der Waals surface area contributed by atoms with E-state index in [4.69, 9.17) is 0 Å². The van der Waals surface area contributed by atoms with E-state index >= 15 is 0 Å². The van der Waals surface area contributed by atoms with Crippen molar-refractivity contribution in [2.45, 2.75) is 25.4 Å². The minimum atomic E-state index is 0.775. The van der Waals surface area contributed by atoms with E-state index in [0.29, 0.717) is 0 Å². The molecule has 3 heterocycles. The number of para-hydroxylation sites is 1. The summed E-state index contributed by atoms with van der Waals surface area (Å²) in [5.74, 6) is 0.853. The van der Waals surface area contributed by atoms with Crippen molar-refractivity contribution in [1.82, 2.24) is 15.2 Å². The summed E-state index contributed by atoms with van der Waals surface area (Å²) < 4.78 is 0. The van der Waals surface area contributed by atoms with Gasteiger partial charge in [-0.3, -0.25) is 9.88 Å². The lowest BCUT2D eigenvalue weighted by molar-refractivity contribution is 0.156. The summed E-state index contributed by atoms with van der Waals surface area (Å²) in [6.45, 7) is 4.69. The van der Waals surface area contributed by atoms with Crippen LogP contribution in [0.2, 0.25) is 0 Å². The van der Waals surface area contributed by atoms with Gasteiger partial charge in [0.1, 0.15) is 0 Å². The zero-order chi connectivity index (χ0) is 13.4. The number of piperidine rings is 1. The van der Waals surface area contributed by atoms with E-state index in [0.717, 1.165) is 18.5 Å². The Kier molecular flexibility index (Phi) is 3.17. The summed E-state index contributed by atoms with van der Waals surface area (Å²) in [6, 6.07) is 11.5. The van der Waals surface area contributed by atoms with Crippen LogP contribution >= 0.6 is 0 Å². The Balaban J connectivity index is 1.56. The molecule has 1 aromatic carbocycles. The second-order valence-electron chi connectivity index (χ2n) is 6.13. The standard InChI is InChI=1S/C17H21N3/c1-3-13-5-2-8-19-17(13)15(4-1)12-20-10-7-16-14(11-20)6-9-18-16/h1-5,8,14,16,18H,6-7,9-12H2. The van der Waals surface area contributed by atoms with Gasteiger partial charge >= 0.3 is 0 Å². The van der Waals surface area contributed by atoms with Crippen LogP contribution in [0.1, 0.15) is 18.4 Å². The molecule has 2 aromatic rings. The van der Waals surface area contributed by atoms with Crippen LogP contribution in [0.25, 0.3) is 10.9 Å². The van der Waals surface area contributed by atoms with E-state index in [1.54, 1.807) is 0 Å². The molecule has 104 valence electrons. The molecule has 1 N–H and O–H groups in total. The van der Waals surface area contributed by atoms with Gasteiger partial charge in [-0.1, -0.05) is 24.3 Å². The molecule has 4 rings (SSSR count). The lowest BCUT2D eigenvalue weighted by Gasteiger charge is -2.34. The Morgan fingerprint density at radius 2 is 2.15 bits per heavy atom. The number of nitrogens with one attached hydrogen (secondary N) is 1. The molecule has 3 nitrogen and oxygen atoms in total. The number of rotatable bonds is 2. The van der Waals surface area contributed by atoms with Gasteiger partial charge in [-0.15, -0.1) is 0 Å². The molecule has 2 aliphatic heterocycles. The topological polar surface area (TPSA) is 28.2 Å². The van der Waals surface area contributed by atoms with Crippen molar-refractivity contribution < 1.29 is 0 Å². The van der Waals surface area contributed by atoms with E-state index in [-0.39, 0.29) is 0 Å². The van der Waals surface area contributed by atoms with Crippen molar-refractivity contribution in [3.8, 4) is 0 Å². The molecule has 1 aromatic heterocycles. The van der Waals surface area contributed by atoms with Crippen LogP contribution in [0.4, 0.5) is 0 Å². The lowest BCUT2D eigenvalue weighted by Crippen LogP contribution is -2.43. The molecular formula is C17H21N3. The van der Waals surface area contributed by atoms with E-state index in [1.807, 2.05) is 12.3 Å². The van der Waals surface area contributed by atoms with E-state index in [9.17, 15) is 0 Å². The van der Waals surface area contributed by atoms with Crippen LogP contribution in [-0.2, 0) is 6.54 Å². The first-order valence-electron chi connectivity index (χ1n) is 7.68. The number of likely N-dealkylation sites (tertiary alicyclic amines) is 1. The zero-order valence-corrected chi connectivity index (χ0v) is 11.8. The molecule has 0 amide bonds. The van der Waals surface area contributed by atoms with Crippen LogP contribution in [-0.4, -0.2) is 35.6 Å². The molecule has 2 aliphatic rings. The Bertz CT molecular complexity index is 605. The first-order valence-corrected chi connectivity index (χ1v) is 7.68. The molecule has 3 heteroatoms. The SMILES string of the molecule is c1cnc2c(CN3CCC4NCCC4C3)cccc2c1. The van der Waals surface area contributed by atoms with Crippen molar-refractivity contribution in [2.24, 2.45) is 5.92 Å². The van der Waals surface area contributed by atoms with Crippen LogP contribution in [0.5, 0.6) is 0 Å². The van der Waals surface area contributed by atoms with E-state index in [2.05, 4.69) is 39.5 Å². The third-order valence-electron chi connectivity index (χ3n) is 4.85. The van der Waals surface area contributed by atoms with Crippen molar-refractivity contribution in [3.05, 3.63) is 42.1 Å². The number of aromatic nitrogens is 1. The number of fused-ring (bicyclic) bond motifs is 2. The van der Waals surface area contributed by atoms with Gasteiger partial charge in [-0.25, -0.2) is 0 Å². The highest BCUT2D eigenvalue weighted by Crippen LogP contribution is 2.26. The lowest BCUT2D eigenvalue weighted by atomic mass is 9.93.